The molecule has 1 atom stereocenters. The number of rotatable bonds is 4. The highest BCUT2D eigenvalue weighted by molar-refractivity contribution is 7.16. The number of carbonyl (C=O) groups is 1. The van der Waals surface area contributed by atoms with Gasteiger partial charge in [0.15, 0.2) is 11.3 Å². The molecule has 0 bridgehead atoms. The number of nitriles is 1. The third-order valence-corrected chi connectivity index (χ3v) is 7.15. The van der Waals surface area contributed by atoms with E-state index in [4.69, 9.17) is 0 Å². The molecule has 4 rings (SSSR count). The van der Waals surface area contributed by atoms with Gasteiger partial charge in [-0.3, -0.25) is 4.79 Å². The lowest BCUT2D eigenvalue weighted by Gasteiger charge is -2.33. The van der Waals surface area contributed by atoms with Gasteiger partial charge in [-0.1, -0.05) is 20.8 Å². The van der Waals surface area contributed by atoms with Gasteiger partial charge in [0.25, 0.3) is 18.8 Å². The van der Waals surface area contributed by atoms with E-state index in [1.807, 2.05) is 0 Å². The van der Waals surface area contributed by atoms with E-state index < -0.39 is 30.1 Å². The molecule has 0 aliphatic heterocycles. The van der Waals surface area contributed by atoms with Gasteiger partial charge in [-0.2, -0.15) is 10.4 Å². The monoisotopic (exact) mass is 479 g/mol. The summed E-state index contributed by atoms with van der Waals surface area (Å²) in [6.07, 6.45) is -3.66. The van der Waals surface area contributed by atoms with Gasteiger partial charge in [0, 0.05) is 10.9 Å². The summed E-state index contributed by atoms with van der Waals surface area (Å²) in [5.41, 5.74) is -0.725. The molecule has 1 aliphatic carbocycles. The number of aromatic nitrogens is 3. The molecule has 0 saturated heterocycles. The molecule has 1 aliphatic rings. The Morgan fingerprint density at radius 2 is 2.00 bits per heavy atom. The molecule has 3 aromatic heterocycles. The van der Waals surface area contributed by atoms with Crippen LogP contribution in [0.1, 0.15) is 77.9 Å². The normalized spacial score (nSPS) is 16.3. The molecule has 0 fully saturated rings. The van der Waals surface area contributed by atoms with Crippen molar-refractivity contribution in [1.82, 2.24) is 14.6 Å². The van der Waals surface area contributed by atoms with E-state index in [9.17, 15) is 27.6 Å². The smallest absolute Gasteiger partial charge is 0.280 e. The molecular formula is C22H21F4N5OS. The highest BCUT2D eigenvalue weighted by atomic mass is 32.1. The van der Waals surface area contributed by atoms with Crippen molar-refractivity contribution in [2.75, 3.05) is 5.32 Å². The zero-order chi connectivity index (χ0) is 24.1. The van der Waals surface area contributed by atoms with E-state index in [0.29, 0.717) is 27.1 Å². The average molecular weight is 480 g/mol. The fourth-order valence-electron chi connectivity index (χ4n) is 4.09. The van der Waals surface area contributed by atoms with Crippen LogP contribution in [0.4, 0.5) is 22.6 Å². The number of thiophene rings is 1. The third-order valence-electron chi connectivity index (χ3n) is 5.98. The molecule has 33 heavy (non-hydrogen) atoms. The Kier molecular flexibility index (Phi) is 5.90. The zero-order valence-corrected chi connectivity index (χ0v) is 18.9. The summed E-state index contributed by atoms with van der Waals surface area (Å²) in [6.45, 7) is 6.53. The van der Waals surface area contributed by atoms with Crippen LogP contribution in [0.25, 0.3) is 5.65 Å². The fourth-order valence-corrected chi connectivity index (χ4v) is 5.37. The molecule has 0 aromatic carbocycles. The van der Waals surface area contributed by atoms with Gasteiger partial charge >= 0.3 is 0 Å². The summed E-state index contributed by atoms with van der Waals surface area (Å²) in [5, 5.41) is 16.6. The van der Waals surface area contributed by atoms with E-state index in [1.54, 1.807) is 0 Å². The number of nitrogens with one attached hydrogen (secondary N) is 1. The zero-order valence-electron chi connectivity index (χ0n) is 18.1. The van der Waals surface area contributed by atoms with Gasteiger partial charge < -0.3 is 5.32 Å². The summed E-state index contributed by atoms with van der Waals surface area (Å²) in [5.74, 6) is -0.290. The summed E-state index contributed by atoms with van der Waals surface area (Å²) in [4.78, 5) is 17.5. The summed E-state index contributed by atoms with van der Waals surface area (Å²) in [7, 11) is 0. The summed E-state index contributed by atoms with van der Waals surface area (Å²) in [6, 6.07) is 3.80. The number of hydrogen-bond acceptors (Lipinski definition) is 5. The molecule has 1 amide bonds. The number of carbonyl (C=O) groups excluding carboxylic acids is 1. The first-order chi connectivity index (χ1) is 15.5. The number of fused-ring (bicyclic) bond motifs is 2. The minimum atomic E-state index is -3.09. The second kappa shape index (κ2) is 8.41. The van der Waals surface area contributed by atoms with E-state index in [1.165, 1.54) is 11.3 Å². The van der Waals surface area contributed by atoms with Gasteiger partial charge in [0.2, 0.25) is 0 Å². The van der Waals surface area contributed by atoms with Crippen LogP contribution in [0.3, 0.4) is 0 Å². The molecule has 3 aromatic rings. The van der Waals surface area contributed by atoms with Crippen molar-refractivity contribution in [2.45, 2.75) is 52.9 Å². The number of anilines is 1. The molecule has 1 N–H and O–H groups in total. The maximum atomic E-state index is 13.4. The number of halogens is 4. The molecule has 174 valence electrons. The Hall–Kier alpha value is -3.00. The average Bonchev–Trinajstić information content (AvgIpc) is 3.32. The standard InChI is InChI=1S/C22H21F4N5OS/c1-22(2,3)10-4-5-11-12(9-27)21(33-16(11)6-10)29-20(32)14-8-17-28-13(18(23)24)7-15(19(25)26)31(17)30-14/h7-8,10,18-19H,4-6H2,1-3H3,(H,29,32)/t10-/m1/s1. The van der Waals surface area contributed by atoms with Crippen LogP contribution >= 0.6 is 11.3 Å². The van der Waals surface area contributed by atoms with Gasteiger partial charge in [-0.05, 0) is 42.2 Å². The lowest BCUT2D eigenvalue weighted by Crippen LogP contribution is -2.26. The Labute approximate surface area is 191 Å². The van der Waals surface area contributed by atoms with Crippen LogP contribution in [0.2, 0.25) is 0 Å². The van der Waals surface area contributed by atoms with Crippen LogP contribution in [0.5, 0.6) is 0 Å². The van der Waals surface area contributed by atoms with Gasteiger partial charge in [-0.25, -0.2) is 27.1 Å². The van der Waals surface area contributed by atoms with Gasteiger partial charge in [-0.15, -0.1) is 11.3 Å². The van der Waals surface area contributed by atoms with Crippen molar-refractivity contribution in [2.24, 2.45) is 11.3 Å². The first kappa shape index (κ1) is 23.2. The Balaban J connectivity index is 1.66. The Morgan fingerprint density at radius 3 is 2.61 bits per heavy atom. The summed E-state index contributed by atoms with van der Waals surface area (Å²) >= 11 is 1.33. The van der Waals surface area contributed by atoms with Crippen molar-refractivity contribution >= 4 is 27.9 Å². The van der Waals surface area contributed by atoms with E-state index in [2.05, 4.69) is 42.2 Å². The third kappa shape index (κ3) is 4.31. The molecule has 3 heterocycles. The van der Waals surface area contributed by atoms with E-state index >= 15 is 0 Å². The molecule has 11 heteroatoms. The number of nitrogens with zero attached hydrogens (tertiary/aromatic N) is 4. The maximum Gasteiger partial charge on any atom is 0.280 e. The number of amides is 1. The minimum Gasteiger partial charge on any atom is -0.311 e. The van der Waals surface area contributed by atoms with Crippen LogP contribution in [0.15, 0.2) is 12.1 Å². The van der Waals surface area contributed by atoms with Crippen LogP contribution < -0.4 is 5.32 Å². The first-order valence-electron chi connectivity index (χ1n) is 10.3. The lowest BCUT2D eigenvalue weighted by atomic mass is 9.72. The molecule has 6 nitrogen and oxygen atoms in total. The highest BCUT2D eigenvalue weighted by Crippen LogP contribution is 2.44. The highest BCUT2D eigenvalue weighted by Gasteiger charge is 2.32. The second-order valence-electron chi connectivity index (χ2n) is 9.09. The minimum absolute atomic E-state index is 0.112. The first-order valence-corrected chi connectivity index (χ1v) is 11.1. The second-order valence-corrected chi connectivity index (χ2v) is 10.2. The maximum absolute atomic E-state index is 13.4. The molecular weight excluding hydrogens is 458 g/mol. The largest absolute Gasteiger partial charge is 0.311 e. The molecule has 0 unspecified atom stereocenters. The fraction of sp³-hybridized carbons (Fsp3) is 0.455. The van der Waals surface area contributed by atoms with Crippen molar-refractivity contribution < 1.29 is 22.4 Å². The molecule has 0 radical (unpaired) electrons. The van der Waals surface area contributed by atoms with Crippen molar-refractivity contribution in [3.8, 4) is 6.07 Å². The predicted molar refractivity (Wildman–Crippen MR) is 115 cm³/mol. The van der Waals surface area contributed by atoms with Gasteiger partial charge in [0.1, 0.15) is 22.5 Å². The Bertz CT molecular complexity index is 1270. The van der Waals surface area contributed by atoms with Crippen LogP contribution in [-0.2, 0) is 12.8 Å². The summed E-state index contributed by atoms with van der Waals surface area (Å²) < 4.78 is 53.5. The van der Waals surface area contributed by atoms with Crippen LogP contribution in [-0.4, -0.2) is 20.5 Å². The predicted octanol–water partition coefficient (Wildman–Crippen LogP) is 5.94. The quantitative estimate of drug-likeness (QED) is 0.470. The topological polar surface area (TPSA) is 83.1 Å². The Morgan fingerprint density at radius 1 is 1.27 bits per heavy atom. The SMILES string of the molecule is CC(C)(C)[C@@H]1CCc2c(sc(NC(=O)c3cc4nc(C(F)F)cc(C(F)F)n4n3)c2C#N)C1. The number of alkyl halides is 4. The van der Waals surface area contributed by atoms with Crippen molar-refractivity contribution in [3.63, 3.8) is 0 Å². The molecule has 0 saturated carbocycles. The van der Waals surface area contributed by atoms with Crippen molar-refractivity contribution in [1.29, 1.82) is 5.26 Å². The van der Waals surface area contributed by atoms with Gasteiger partial charge in [0.05, 0.1) is 5.56 Å². The molecule has 0 spiro atoms. The van der Waals surface area contributed by atoms with E-state index in [0.717, 1.165) is 35.8 Å². The number of hydrogen-bond donors (Lipinski definition) is 1. The van der Waals surface area contributed by atoms with Crippen LogP contribution in [0, 0.1) is 22.7 Å². The van der Waals surface area contributed by atoms with Crippen molar-refractivity contribution in [3.05, 3.63) is 45.2 Å². The van der Waals surface area contributed by atoms with E-state index in [-0.39, 0.29) is 16.8 Å². The lowest BCUT2D eigenvalue weighted by molar-refractivity contribution is 0.102.